The molecule has 4 aromatic rings. The summed E-state index contributed by atoms with van der Waals surface area (Å²) in [5, 5.41) is 4.03. The molecule has 202 valence electrons. The number of hydrogen-bond donors (Lipinski definition) is 2. The largest absolute Gasteiger partial charge is 0.494 e. The highest BCUT2D eigenvalue weighted by Gasteiger charge is 2.42. The maximum absolute atomic E-state index is 11.9. The molecule has 1 aliphatic heterocycles. The molecule has 2 N–H and O–H groups in total. The molecule has 4 heterocycles. The first-order chi connectivity index (χ1) is 18.7. The smallest absolute Gasteiger partial charge is 0.229 e. The van der Waals surface area contributed by atoms with Crippen LogP contribution in [0.2, 0.25) is 0 Å². The van der Waals surface area contributed by atoms with Crippen molar-refractivity contribution in [3.8, 4) is 5.75 Å². The summed E-state index contributed by atoms with van der Waals surface area (Å²) in [5.41, 5.74) is 6.44. The maximum Gasteiger partial charge on any atom is 0.229 e. The fraction of sp³-hybridized carbons (Fsp3) is 0.250. The molecule has 0 aliphatic carbocycles. The summed E-state index contributed by atoms with van der Waals surface area (Å²) in [4.78, 5) is 11.0. The van der Waals surface area contributed by atoms with Crippen LogP contribution in [-0.2, 0) is 16.6 Å². The van der Waals surface area contributed by atoms with Gasteiger partial charge in [-0.2, -0.15) is 0 Å². The Bertz CT molecular complexity index is 1610. The van der Waals surface area contributed by atoms with E-state index >= 15 is 0 Å². The van der Waals surface area contributed by atoms with Crippen LogP contribution < -0.4 is 19.7 Å². The molecular weight excluding hydrogens is 532 g/mol. The number of hydrogen-bond acceptors (Lipinski definition) is 6. The van der Waals surface area contributed by atoms with E-state index in [1.165, 1.54) is 7.11 Å². The highest BCUT2D eigenvalue weighted by Crippen LogP contribution is 2.44. The zero-order chi connectivity index (χ0) is 27.7. The van der Waals surface area contributed by atoms with E-state index in [0.29, 0.717) is 23.1 Å². The monoisotopic (exact) mass is 562 g/mol. The van der Waals surface area contributed by atoms with E-state index in [0.717, 1.165) is 40.2 Å². The second-order valence-corrected chi connectivity index (χ2v) is 11.7. The van der Waals surface area contributed by atoms with Crippen LogP contribution in [0.25, 0.3) is 0 Å². The normalized spacial score (nSPS) is 17.2. The number of thiocarbonyl (C=S) groups is 1. The van der Waals surface area contributed by atoms with E-state index in [4.69, 9.17) is 17.0 Å². The minimum absolute atomic E-state index is 0.217. The van der Waals surface area contributed by atoms with E-state index in [-0.39, 0.29) is 12.1 Å². The third kappa shape index (κ3) is 5.45. The number of benzene rings is 1. The molecule has 0 spiro atoms. The third-order valence-electron chi connectivity index (χ3n) is 6.85. The first-order valence-corrected chi connectivity index (χ1v) is 14.7. The molecule has 9 nitrogen and oxygen atoms in total. The lowest BCUT2D eigenvalue weighted by Crippen LogP contribution is -2.29. The number of anilines is 2. The first kappa shape index (κ1) is 26.6. The average Bonchev–Trinajstić information content (AvgIpc) is 3.40. The van der Waals surface area contributed by atoms with Crippen molar-refractivity contribution in [2.24, 2.45) is 0 Å². The van der Waals surface area contributed by atoms with Crippen molar-refractivity contribution in [2.45, 2.75) is 32.5 Å². The summed E-state index contributed by atoms with van der Waals surface area (Å²) in [6.07, 6.45) is 6.54. The Hall–Kier alpha value is -3.96. The van der Waals surface area contributed by atoms with Gasteiger partial charge in [-0.05, 0) is 73.6 Å². The van der Waals surface area contributed by atoms with E-state index in [1.54, 1.807) is 24.5 Å². The Morgan fingerprint density at radius 2 is 1.92 bits per heavy atom. The lowest BCUT2D eigenvalue weighted by molar-refractivity contribution is 0.417. The van der Waals surface area contributed by atoms with Crippen LogP contribution >= 0.6 is 12.2 Å². The second kappa shape index (κ2) is 10.7. The molecule has 0 saturated carbocycles. The first-order valence-electron chi connectivity index (χ1n) is 12.4. The standard InChI is InChI=1S/C28H30N6O3S2/c1-18-14-22(19(2)33(18)17-20-8-7-12-29-16-20)27-26(24-9-5-6-13-30-24)31-28(38)34(27)21-10-11-23(25(15-21)37-3)32-39(4,35)36/h5-16,26-27,32H,17H2,1-4H3,(H,31,38)/t26-,27+/m1/s1. The lowest BCUT2D eigenvalue weighted by Gasteiger charge is -2.29. The Labute approximate surface area is 233 Å². The molecule has 1 fully saturated rings. The molecule has 5 rings (SSSR count). The number of nitrogens with zero attached hydrogens (tertiary/aromatic N) is 4. The topological polar surface area (TPSA) is 101 Å². The number of sulfonamides is 1. The zero-order valence-corrected chi connectivity index (χ0v) is 23.8. The summed E-state index contributed by atoms with van der Waals surface area (Å²) in [7, 11) is -1.97. The highest BCUT2D eigenvalue weighted by atomic mass is 32.2. The molecule has 39 heavy (non-hydrogen) atoms. The van der Waals surface area contributed by atoms with Gasteiger partial charge in [0.2, 0.25) is 10.0 Å². The van der Waals surface area contributed by atoms with Crippen LogP contribution in [0.3, 0.4) is 0 Å². The van der Waals surface area contributed by atoms with Gasteiger partial charge in [0.15, 0.2) is 5.11 Å². The van der Waals surface area contributed by atoms with Gasteiger partial charge in [0, 0.05) is 48.3 Å². The van der Waals surface area contributed by atoms with Crippen molar-refractivity contribution in [3.05, 3.63) is 101 Å². The molecular formula is C28H30N6O3S2. The molecule has 1 aromatic carbocycles. The van der Waals surface area contributed by atoms with Crippen LogP contribution in [-0.4, -0.2) is 41.4 Å². The van der Waals surface area contributed by atoms with Gasteiger partial charge in [0.25, 0.3) is 0 Å². The molecule has 3 aromatic heterocycles. The number of rotatable bonds is 8. The maximum atomic E-state index is 11.9. The van der Waals surface area contributed by atoms with Crippen LogP contribution in [0.5, 0.6) is 5.75 Å². The molecule has 2 atom stereocenters. The summed E-state index contributed by atoms with van der Waals surface area (Å²) < 4.78 is 34.1. The Morgan fingerprint density at radius 1 is 1.10 bits per heavy atom. The number of aryl methyl sites for hydroxylation is 1. The Kier molecular flexibility index (Phi) is 7.28. The molecule has 0 unspecified atom stereocenters. The molecule has 11 heteroatoms. The number of aromatic nitrogens is 3. The van der Waals surface area contributed by atoms with Crippen LogP contribution in [0.15, 0.2) is 73.2 Å². The third-order valence-corrected chi connectivity index (χ3v) is 7.76. The van der Waals surface area contributed by atoms with Gasteiger partial charge < -0.3 is 19.5 Å². The van der Waals surface area contributed by atoms with Crippen LogP contribution in [0.4, 0.5) is 11.4 Å². The SMILES string of the molecule is COc1cc(N2C(=S)N[C@H](c3ccccn3)[C@@H]2c2cc(C)n(Cc3cccnc3)c2C)ccc1NS(C)(=O)=O. The molecule has 0 amide bonds. The van der Waals surface area contributed by atoms with E-state index in [1.807, 2.05) is 36.5 Å². The van der Waals surface area contributed by atoms with Crippen molar-refractivity contribution in [3.63, 3.8) is 0 Å². The van der Waals surface area contributed by atoms with Gasteiger partial charge in [-0.1, -0.05) is 12.1 Å². The van der Waals surface area contributed by atoms with Crippen LogP contribution in [0.1, 0.15) is 40.3 Å². The summed E-state index contributed by atoms with van der Waals surface area (Å²) in [6, 6.07) is 16.9. The minimum atomic E-state index is -3.48. The molecule has 1 aliphatic rings. The number of ether oxygens (including phenoxy) is 1. The van der Waals surface area contributed by atoms with Crippen molar-refractivity contribution in [1.82, 2.24) is 19.9 Å². The van der Waals surface area contributed by atoms with Gasteiger partial charge >= 0.3 is 0 Å². The van der Waals surface area contributed by atoms with Crippen molar-refractivity contribution < 1.29 is 13.2 Å². The number of pyridine rings is 2. The van der Waals surface area contributed by atoms with Crippen molar-refractivity contribution >= 4 is 38.7 Å². The van der Waals surface area contributed by atoms with Gasteiger partial charge in [-0.3, -0.25) is 14.7 Å². The summed E-state index contributed by atoms with van der Waals surface area (Å²) >= 11 is 5.88. The van der Waals surface area contributed by atoms with Gasteiger partial charge in [-0.15, -0.1) is 0 Å². The van der Waals surface area contributed by atoms with Gasteiger partial charge in [0.1, 0.15) is 5.75 Å². The van der Waals surface area contributed by atoms with Crippen molar-refractivity contribution in [1.29, 1.82) is 0 Å². The Morgan fingerprint density at radius 3 is 2.59 bits per heavy atom. The highest BCUT2D eigenvalue weighted by molar-refractivity contribution is 7.92. The summed E-state index contributed by atoms with van der Waals surface area (Å²) in [6.45, 7) is 4.92. The van der Waals surface area contributed by atoms with E-state index < -0.39 is 10.0 Å². The van der Waals surface area contributed by atoms with Gasteiger partial charge in [0.05, 0.1) is 36.8 Å². The second-order valence-electron chi connectivity index (χ2n) is 9.53. The predicted octanol–water partition coefficient (Wildman–Crippen LogP) is 4.50. The molecule has 0 bridgehead atoms. The fourth-order valence-corrected chi connectivity index (χ4v) is 6.02. The summed E-state index contributed by atoms with van der Waals surface area (Å²) in [5.74, 6) is 0.391. The molecule has 0 radical (unpaired) electrons. The van der Waals surface area contributed by atoms with Crippen LogP contribution in [0, 0.1) is 13.8 Å². The Balaban J connectivity index is 1.62. The zero-order valence-electron chi connectivity index (χ0n) is 22.1. The number of methoxy groups -OCH3 is 1. The van der Waals surface area contributed by atoms with E-state index in [9.17, 15) is 8.42 Å². The predicted molar refractivity (Wildman–Crippen MR) is 157 cm³/mol. The fourth-order valence-electron chi connectivity index (χ4n) is 5.11. The quantitative estimate of drug-likeness (QED) is 0.303. The number of nitrogens with one attached hydrogen (secondary N) is 2. The average molecular weight is 563 g/mol. The molecule has 1 saturated heterocycles. The van der Waals surface area contributed by atoms with E-state index in [2.05, 4.69) is 55.5 Å². The minimum Gasteiger partial charge on any atom is -0.494 e. The van der Waals surface area contributed by atoms with Gasteiger partial charge in [-0.25, -0.2) is 8.42 Å². The lowest BCUT2D eigenvalue weighted by atomic mass is 9.96. The van der Waals surface area contributed by atoms with Crippen molar-refractivity contribution in [2.75, 3.05) is 23.0 Å².